The van der Waals surface area contributed by atoms with Gasteiger partial charge < -0.3 is 14.6 Å². The Morgan fingerprint density at radius 3 is 2.19 bits per heavy atom. The van der Waals surface area contributed by atoms with E-state index in [0.29, 0.717) is 13.2 Å². The minimum atomic E-state index is -0.787. The monoisotopic (exact) mass is 356 g/mol. The van der Waals surface area contributed by atoms with E-state index in [0.717, 1.165) is 17.1 Å². The predicted octanol–water partition coefficient (Wildman–Crippen LogP) is 5.02. The van der Waals surface area contributed by atoms with Crippen molar-refractivity contribution < 1.29 is 19.4 Å². The number of hydrogen-bond acceptors (Lipinski definition) is 3. The van der Waals surface area contributed by atoms with Crippen molar-refractivity contribution >= 4 is 5.97 Å². The van der Waals surface area contributed by atoms with Gasteiger partial charge in [-0.2, -0.15) is 0 Å². The van der Waals surface area contributed by atoms with Gasteiger partial charge in [-0.1, -0.05) is 52.0 Å². The van der Waals surface area contributed by atoms with Gasteiger partial charge >= 0.3 is 5.97 Å². The number of benzene rings is 2. The van der Waals surface area contributed by atoms with E-state index in [9.17, 15) is 4.79 Å². The molecule has 0 amide bonds. The smallest absolute Gasteiger partial charge is 0.303 e. The Hall–Kier alpha value is -2.49. The van der Waals surface area contributed by atoms with Gasteiger partial charge in [-0.05, 0) is 46.7 Å². The molecule has 0 heterocycles. The molecule has 0 spiro atoms. The van der Waals surface area contributed by atoms with E-state index in [1.54, 1.807) is 0 Å². The lowest BCUT2D eigenvalue weighted by Crippen LogP contribution is -2.12. The third-order valence-corrected chi connectivity index (χ3v) is 4.25. The van der Waals surface area contributed by atoms with E-state index in [1.165, 1.54) is 5.56 Å². The van der Waals surface area contributed by atoms with Crippen LogP contribution in [0, 0.1) is 0 Å². The molecule has 0 aliphatic rings. The molecule has 1 atom stereocenters. The number of rotatable bonds is 8. The molecule has 2 rings (SSSR count). The molecule has 0 saturated heterocycles. The van der Waals surface area contributed by atoms with Crippen LogP contribution in [0.15, 0.2) is 48.5 Å². The molecule has 2 aromatic rings. The largest absolute Gasteiger partial charge is 0.490 e. The molecule has 1 unspecified atom stereocenters. The number of carboxylic acid groups (broad SMARTS) is 1. The van der Waals surface area contributed by atoms with Gasteiger partial charge in [0.1, 0.15) is 24.7 Å². The first kappa shape index (κ1) is 19.8. The summed E-state index contributed by atoms with van der Waals surface area (Å²) >= 11 is 0. The molecular weight excluding hydrogens is 328 g/mol. The van der Waals surface area contributed by atoms with Crippen LogP contribution in [-0.4, -0.2) is 24.3 Å². The Kier molecular flexibility index (Phi) is 6.67. The van der Waals surface area contributed by atoms with Crippen LogP contribution < -0.4 is 9.47 Å². The van der Waals surface area contributed by atoms with Crippen LogP contribution in [0.2, 0.25) is 0 Å². The molecule has 4 nitrogen and oxygen atoms in total. The maximum Gasteiger partial charge on any atom is 0.303 e. The van der Waals surface area contributed by atoms with Crippen molar-refractivity contribution in [1.82, 2.24) is 0 Å². The topological polar surface area (TPSA) is 55.8 Å². The average Bonchev–Trinajstić information content (AvgIpc) is 2.58. The summed E-state index contributed by atoms with van der Waals surface area (Å²) in [4.78, 5) is 10.8. The van der Waals surface area contributed by atoms with Gasteiger partial charge in [0, 0.05) is 0 Å². The van der Waals surface area contributed by atoms with Gasteiger partial charge in [-0.15, -0.1) is 0 Å². The van der Waals surface area contributed by atoms with Crippen molar-refractivity contribution in [2.75, 3.05) is 13.2 Å². The van der Waals surface area contributed by atoms with Gasteiger partial charge in [-0.25, -0.2) is 0 Å². The SMILES string of the molecule is CC(CC(=O)O)c1ccc(OCCOc2cccc(C(C)(C)C)c2)cc1. The van der Waals surface area contributed by atoms with Crippen LogP contribution in [0.4, 0.5) is 0 Å². The summed E-state index contributed by atoms with van der Waals surface area (Å²) in [7, 11) is 0. The third-order valence-electron chi connectivity index (χ3n) is 4.25. The Bertz CT molecular complexity index is 714. The lowest BCUT2D eigenvalue weighted by molar-refractivity contribution is -0.137. The quantitative estimate of drug-likeness (QED) is 0.675. The standard InChI is InChI=1S/C22H28O4/c1-16(14-21(23)24)17-8-10-19(11-9-17)25-12-13-26-20-7-5-6-18(15-20)22(2,3)4/h5-11,15-16H,12-14H2,1-4H3,(H,23,24). The highest BCUT2D eigenvalue weighted by Crippen LogP contribution is 2.25. The second kappa shape index (κ2) is 8.75. The maximum absolute atomic E-state index is 10.8. The van der Waals surface area contributed by atoms with E-state index in [4.69, 9.17) is 14.6 Å². The van der Waals surface area contributed by atoms with Crippen molar-refractivity contribution in [3.05, 3.63) is 59.7 Å². The molecule has 0 aliphatic carbocycles. The van der Waals surface area contributed by atoms with Crippen LogP contribution in [0.3, 0.4) is 0 Å². The lowest BCUT2D eigenvalue weighted by Gasteiger charge is -2.19. The molecular formula is C22H28O4. The summed E-state index contributed by atoms with van der Waals surface area (Å²) in [5.74, 6) is 0.799. The van der Waals surface area contributed by atoms with E-state index in [2.05, 4.69) is 32.9 Å². The zero-order chi connectivity index (χ0) is 19.2. The van der Waals surface area contributed by atoms with Gasteiger partial charge in [-0.3, -0.25) is 4.79 Å². The fourth-order valence-electron chi connectivity index (χ4n) is 2.64. The Morgan fingerprint density at radius 2 is 1.62 bits per heavy atom. The van der Waals surface area contributed by atoms with Gasteiger partial charge in [0.15, 0.2) is 0 Å². The van der Waals surface area contributed by atoms with Gasteiger partial charge in [0.05, 0.1) is 6.42 Å². The zero-order valence-corrected chi connectivity index (χ0v) is 16.0. The molecule has 0 saturated carbocycles. The van der Waals surface area contributed by atoms with Crippen LogP contribution in [0.25, 0.3) is 0 Å². The fraction of sp³-hybridized carbons (Fsp3) is 0.409. The van der Waals surface area contributed by atoms with Crippen molar-refractivity contribution in [2.45, 2.75) is 45.4 Å². The summed E-state index contributed by atoms with van der Waals surface area (Å²) in [6.45, 7) is 9.35. The summed E-state index contributed by atoms with van der Waals surface area (Å²) in [5.41, 5.74) is 2.33. The Balaban J connectivity index is 1.80. The molecule has 140 valence electrons. The number of carboxylic acids is 1. The summed E-state index contributed by atoms with van der Waals surface area (Å²) in [6.07, 6.45) is 0.127. The third kappa shape index (κ3) is 6.10. The lowest BCUT2D eigenvalue weighted by atomic mass is 9.87. The molecule has 4 heteroatoms. The van der Waals surface area contributed by atoms with E-state index >= 15 is 0 Å². The molecule has 0 bridgehead atoms. The Labute approximate surface area is 155 Å². The number of carbonyl (C=O) groups is 1. The van der Waals surface area contributed by atoms with E-state index in [1.807, 2.05) is 43.3 Å². The van der Waals surface area contributed by atoms with Gasteiger partial charge in [0.25, 0.3) is 0 Å². The van der Waals surface area contributed by atoms with Crippen LogP contribution in [0.1, 0.15) is 51.2 Å². The molecule has 1 N–H and O–H groups in total. The minimum Gasteiger partial charge on any atom is -0.490 e. The molecule has 26 heavy (non-hydrogen) atoms. The van der Waals surface area contributed by atoms with Gasteiger partial charge in [0.2, 0.25) is 0 Å². The number of aliphatic carboxylic acids is 1. The van der Waals surface area contributed by atoms with Crippen LogP contribution >= 0.6 is 0 Å². The summed E-state index contributed by atoms with van der Waals surface area (Å²) < 4.78 is 11.5. The fourth-order valence-corrected chi connectivity index (χ4v) is 2.64. The normalized spacial score (nSPS) is 12.5. The van der Waals surface area contributed by atoms with Crippen LogP contribution in [0.5, 0.6) is 11.5 Å². The molecule has 0 radical (unpaired) electrons. The van der Waals surface area contributed by atoms with E-state index < -0.39 is 5.97 Å². The van der Waals surface area contributed by atoms with Crippen molar-refractivity contribution in [2.24, 2.45) is 0 Å². The second-order valence-corrected chi connectivity index (χ2v) is 7.54. The second-order valence-electron chi connectivity index (χ2n) is 7.54. The molecule has 2 aromatic carbocycles. The summed E-state index contributed by atoms with van der Waals surface area (Å²) in [6, 6.07) is 15.7. The minimum absolute atomic E-state index is 0.0139. The highest BCUT2D eigenvalue weighted by Gasteiger charge is 2.14. The maximum atomic E-state index is 10.8. The number of ether oxygens (including phenoxy) is 2. The van der Waals surface area contributed by atoms with Crippen LogP contribution in [-0.2, 0) is 10.2 Å². The van der Waals surface area contributed by atoms with Crippen molar-refractivity contribution in [1.29, 1.82) is 0 Å². The first-order valence-corrected chi connectivity index (χ1v) is 8.93. The molecule has 0 aromatic heterocycles. The first-order chi connectivity index (χ1) is 12.3. The highest BCUT2D eigenvalue weighted by molar-refractivity contribution is 5.67. The summed E-state index contributed by atoms with van der Waals surface area (Å²) in [5, 5.41) is 8.86. The predicted molar refractivity (Wildman–Crippen MR) is 103 cm³/mol. The molecule has 0 fully saturated rings. The van der Waals surface area contributed by atoms with Crippen molar-refractivity contribution in [3.63, 3.8) is 0 Å². The van der Waals surface area contributed by atoms with E-state index in [-0.39, 0.29) is 17.8 Å². The molecule has 0 aliphatic heterocycles. The Morgan fingerprint density at radius 1 is 1.00 bits per heavy atom. The first-order valence-electron chi connectivity index (χ1n) is 8.93. The number of hydrogen-bond donors (Lipinski definition) is 1. The van der Waals surface area contributed by atoms with Crippen molar-refractivity contribution in [3.8, 4) is 11.5 Å². The highest BCUT2D eigenvalue weighted by atomic mass is 16.5. The average molecular weight is 356 g/mol. The zero-order valence-electron chi connectivity index (χ0n) is 16.0.